The van der Waals surface area contributed by atoms with Crippen LogP contribution < -0.4 is 10.1 Å². The predicted molar refractivity (Wildman–Crippen MR) is 110 cm³/mol. The summed E-state index contributed by atoms with van der Waals surface area (Å²) in [6.07, 6.45) is 5.36. The summed E-state index contributed by atoms with van der Waals surface area (Å²) >= 11 is 0. The average Bonchev–Trinajstić information content (AvgIpc) is 2.63. The highest BCUT2D eigenvalue weighted by Gasteiger charge is 2.27. The van der Waals surface area contributed by atoms with Crippen LogP contribution >= 0.6 is 0 Å². The molecule has 0 heterocycles. The van der Waals surface area contributed by atoms with Crippen molar-refractivity contribution < 1.29 is 4.74 Å². The third-order valence-corrected chi connectivity index (χ3v) is 5.68. The molecule has 0 bridgehead atoms. The Balaban J connectivity index is 1.45. The molecule has 0 radical (unpaired) electrons. The summed E-state index contributed by atoms with van der Waals surface area (Å²) in [4.78, 5) is 0. The van der Waals surface area contributed by atoms with Crippen molar-refractivity contribution >= 4 is 0 Å². The number of ether oxygens (including phenoxy) is 1. The second kappa shape index (κ2) is 9.23. The van der Waals surface area contributed by atoms with Crippen LogP contribution in [0.1, 0.15) is 49.3 Å². The first-order valence-corrected chi connectivity index (χ1v) is 10.1. The molecule has 1 aliphatic carbocycles. The zero-order valence-electron chi connectivity index (χ0n) is 16.5. The van der Waals surface area contributed by atoms with Crippen LogP contribution in [-0.4, -0.2) is 12.6 Å². The summed E-state index contributed by atoms with van der Waals surface area (Å²) in [6.45, 7) is 8.69. The third kappa shape index (κ3) is 5.60. The normalized spacial score (nSPS) is 21.3. The van der Waals surface area contributed by atoms with E-state index in [2.05, 4.69) is 74.6 Å². The Morgan fingerprint density at radius 2 is 1.85 bits per heavy atom. The van der Waals surface area contributed by atoms with Crippen molar-refractivity contribution in [2.75, 3.05) is 6.54 Å². The van der Waals surface area contributed by atoms with Crippen molar-refractivity contribution in [3.8, 4) is 5.75 Å². The van der Waals surface area contributed by atoms with Gasteiger partial charge in [-0.15, -0.1) is 0 Å². The molecule has 26 heavy (non-hydrogen) atoms. The number of rotatable bonds is 7. The lowest BCUT2D eigenvalue weighted by Gasteiger charge is -2.33. The fourth-order valence-electron chi connectivity index (χ4n) is 4.00. The van der Waals surface area contributed by atoms with Gasteiger partial charge in [-0.2, -0.15) is 0 Å². The summed E-state index contributed by atoms with van der Waals surface area (Å²) in [6, 6.07) is 17.3. The van der Waals surface area contributed by atoms with E-state index in [9.17, 15) is 0 Å². The van der Waals surface area contributed by atoms with E-state index in [-0.39, 0.29) is 0 Å². The average molecular weight is 352 g/mol. The second-order valence-electron chi connectivity index (χ2n) is 8.08. The van der Waals surface area contributed by atoms with Gasteiger partial charge in [0.25, 0.3) is 0 Å². The highest BCUT2D eigenvalue weighted by molar-refractivity contribution is 5.27. The first kappa shape index (κ1) is 19.0. The second-order valence-corrected chi connectivity index (χ2v) is 8.08. The number of hydrogen-bond acceptors (Lipinski definition) is 2. The Morgan fingerprint density at radius 1 is 1.04 bits per heavy atom. The number of nitrogens with one attached hydrogen (secondary N) is 1. The third-order valence-electron chi connectivity index (χ3n) is 5.68. The summed E-state index contributed by atoms with van der Waals surface area (Å²) in [5.74, 6) is 2.47. The molecular weight excluding hydrogens is 318 g/mol. The quantitative estimate of drug-likeness (QED) is 0.694. The van der Waals surface area contributed by atoms with Crippen LogP contribution in [0, 0.1) is 25.7 Å². The number of aryl methyl sites for hydroxylation is 2. The molecule has 1 fully saturated rings. The number of hydrogen-bond donors (Lipinski definition) is 1. The standard InChI is InChI=1S/C24H33NO/c1-18-10-12-21(13-11-18)17-25-16-20(3)22-7-5-9-24(15-22)26-23-8-4-6-19(2)14-23/h4,6,8,10-14,20,22,24-25H,5,7,9,15-17H2,1-3H3/t20?,22-,24+/m0/s1. The summed E-state index contributed by atoms with van der Waals surface area (Å²) in [5, 5.41) is 3.65. The van der Waals surface area contributed by atoms with E-state index in [0.717, 1.165) is 24.8 Å². The SMILES string of the molecule is Cc1ccc(CNCC(C)[C@H]2CCC[C@@H](Oc3cccc(C)c3)C2)cc1. The van der Waals surface area contributed by atoms with Gasteiger partial charge in [-0.05, 0) is 81.2 Å². The highest BCUT2D eigenvalue weighted by Crippen LogP contribution is 2.32. The minimum atomic E-state index is 0.370. The molecule has 1 unspecified atom stereocenters. The minimum absolute atomic E-state index is 0.370. The number of benzene rings is 2. The highest BCUT2D eigenvalue weighted by atomic mass is 16.5. The lowest BCUT2D eigenvalue weighted by Crippen LogP contribution is -2.33. The summed E-state index contributed by atoms with van der Waals surface area (Å²) in [7, 11) is 0. The van der Waals surface area contributed by atoms with E-state index in [4.69, 9.17) is 4.74 Å². The maximum atomic E-state index is 6.28. The molecule has 140 valence electrons. The van der Waals surface area contributed by atoms with E-state index in [1.165, 1.54) is 42.4 Å². The van der Waals surface area contributed by atoms with Crippen molar-refractivity contribution in [1.82, 2.24) is 5.32 Å². The van der Waals surface area contributed by atoms with E-state index in [0.29, 0.717) is 12.0 Å². The van der Waals surface area contributed by atoms with Gasteiger partial charge in [0.1, 0.15) is 5.75 Å². The molecule has 2 aromatic rings. The lowest BCUT2D eigenvalue weighted by molar-refractivity contribution is 0.102. The molecule has 0 amide bonds. The van der Waals surface area contributed by atoms with Crippen LogP contribution in [0.5, 0.6) is 5.75 Å². The summed E-state index contributed by atoms with van der Waals surface area (Å²) < 4.78 is 6.28. The topological polar surface area (TPSA) is 21.3 Å². The van der Waals surface area contributed by atoms with E-state index >= 15 is 0 Å². The van der Waals surface area contributed by atoms with Gasteiger partial charge in [0.2, 0.25) is 0 Å². The van der Waals surface area contributed by atoms with Crippen LogP contribution in [0.15, 0.2) is 48.5 Å². The van der Waals surface area contributed by atoms with Crippen molar-refractivity contribution in [3.63, 3.8) is 0 Å². The zero-order valence-corrected chi connectivity index (χ0v) is 16.5. The first-order valence-electron chi connectivity index (χ1n) is 10.1. The Kier molecular flexibility index (Phi) is 6.73. The maximum Gasteiger partial charge on any atom is 0.119 e. The molecule has 1 saturated carbocycles. The maximum absolute atomic E-state index is 6.28. The molecule has 0 spiro atoms. The Labute approximate surface area is 159 Å². The smallest absolute Gasteiger partial charge is 0.119 e. The molecule has 3 rings (SSSR count). The van der Waals surface area contributed by atoms with Gasteiger partial charge in [-0.25, -0.2) is 0 Å². The zero-order chi connectivity index (χ0) is 18.4. The van der Waals surface area contributed by atoms with Gasteiger partial charge in [-0.3, -0.25) is 0 Å². The molecule has 0 aliphatic heterocycles. The van der Waals surface area contributed by atoms with Gasteiger partial charge in [0, 0.05) is 6.54 Å². The first-order chi connectivity index (χ1) is 12.6. The molecule has 0 aromatic heterocycles. The largest absolute Gasteiger partial charge is 0.490 e. The molecule has 3 atom stereocenters. The molecule has 1 N–H and O–H groups in total. The van der Waals surface area contributed by atoms with Gasteiger partial charge >= 0.3 is 0 Å². The molecule has 1 aliphatic rings. The van der Waals surface area contributed by atoms with Crippen molar-refractivity contribution in [1.29, 1.82) is 0 Å². The predicted octanol–water partition coefficient (Wildman–Crippen LogP) is 5.67. The fourth-order valence-corrected chi connectivity index (χ4v) is 4.00. The Morgan fingerprint density at radius 3 is 2.62 bits per heavy atom. The fraction of sp³-hybridized carbons (Fsp3) is 0.500. The van der Waals surface area contributed by atoms with Crippen LogP contribution in [0.25, 0.3) is 0 Å². The van der Waals surface area contributed by atoms with Crippen LogP contribution in [0.2, 0.25) is 0 Å². The van der Waals surface area contributed by atoms with Crippen molar-refractivity contribution in [3.05, 3.63) is 65.2 Å². The summed E-state index contributed by atoms with van der Waals surface area (Å²) in [5.41, 5.74) is 3.96. The van der Waals surface area contributed by atoms with Crippen LogP contribution in [-0.2, 0) is 6.54 Å². The lowest BCUT2D eigenvalue weighted by atomic mass is 9.79. The van der Waals surface area contributed by atoms with Crippen LogP contribution in [0.4, 0.5) is 0 Å². The Bertz CT molecular complexity index is 679. The van der Waals surface area contributed by atoms with Crippen molar-refractivity contribution in [2.45, 2.75) is 59.1 Å². The minimum Gasteiger partial charge on any atom is -0.490 e. The van der Waals surface area contributed by atoms with Gasteiger partial charge in [0.05, 0.1) is 6.10 Å². The molecule has 2 heteroatoms. The van der Waals surface area contributed by atoms with Crippen molar-refractivity contribution in [2.24, 2.45) is 11.8 Å². The van der Waals surface area contributed by atoms with Gasteiger partial charge in [0.15, 0.2) is 0 Å². The monoisotopic (exact) mass is 351 g/mol. The van der Waals surface area contributed by atoms with E-state index in [1.54, 1.807) is 0 Å². The van der Waals surface area contributed by atoms with E-state index < -0.39 is 0 Å². The van der Waals surface area contributed by atoms with Gasteiger partial charge < -0.3 is 10.1 Å². The molecule has 2 aromatic carbocycles. The molecular formula is C24H33NO. The van der Waals surface area contributed by atoms with Crippen LogP contribution in [0.3, 0.4) is 0 Å². The Hall–Kier alpha value is -1.80. The molecule has 0 saturated heterocycles. The van der Waals surface area contributed by atoms with Gasteiger partial charge in [-0.1, -0.05) is 48.9 Å². The van der Waals surface area contributed by atoms with E-state index in [1.807, 2.05) is 0 Å². The molecule has 2 nitrogen and oxygen atoms in total.